The average molecular weight is 298 g/mol. The SMILES string of the molecule is CCCOC1CCCN(C(=O)CCC(CCC)CCN)C1. The molecule has 0 aromatic rings. The maximum Gasteiger partial charge on any atom is 0.222 e. The van der Waals surface area contributed by atoms with Crippen molar-refractivity contribution >= 4 is 5.91 Å². The van der Waals surface area contributed by atoms with Gasteiger partial charge in [0.1, 0.15) is 0 Å². The van der Waals surface area contributed by atoms with E-state index in [0.29, 0.717) is 18.2 Å². The Bertz CT molecular complexity index is 278. The molecule has 1 heterocycles. The monoisotopic (exact) mass is 298 g/mol. The highest BCUT2D eigenvalue weighted by Gasteiger charge is 2.24. The average Bonchev–Trinajstić information content (AvgIpc) is 2.51. The minimum Gasteiger partial charge on any atom is -0.376 e. The van der Waals surface area contributed by atoms with Crippen molar-refractivity contribution in [3.05, 3.63) is 0 Å². The molecular weight excluding hydrogens is 264 g/mol. The van der Waals surface area contributed by atoms with E-state index in [1.165, 1.54) is 12.8 Å². The summed E-state index contributed by atoms with van der Waals surface area (Å²) in [6.07, 6.45) is 8.52. The summed E-state index contributed by atoms with van der Waals surface area (Å²) in [5.41, 5.74) is 5.66. The number of hydrogen-bond acceptors (Lipinski definition) is 3. The summed E-state index contributed by atoms with van der Waals surface area (Å²) in [6.45, 7) is 7.55. The van der Waals surface area contributed by atoms with Gasteiger partial charge in [-0.3, -0.25) is 4.79 Å². The zero-order chi connectivity index (χ0) is 15.5. The smallest absolute Gasteiger partial charge is 0.222 e. The van der Waals surface area contributed by atoms with Gasteiger partial charge >= 0.3 is 0 Å². The van der Waals surface area contributed by atoms with Gasteiger partial charge in [0.25, 0.3) is 0 Å². The number of likely N-dealkylation sites (tertiary alicyclic amines) is 1. The molecule has 4 heteroatoms. The van der Waals surface area contributed by atoms with E-state index in [-0.39, 0.29) is 6.10 Å². The minimum absolute atomic E-state index is 0.248. The molecule has 4 nitrogen and oxygen atoms in total. The number of piperidine rings is 1. The Labute approximate surface area is 130 Å². The Balaban J connectivity index is 2.32. The fraction of sp³-hybridized carbons (Fsp3) is 0.941. The van der Waals surface area contributed by atoms with Crippen LogP contribution in [0.1, 0.15) is 65.2 Å². The fourth-order valence-corrected chi connectivity index (χ4v) is 3.15. The third-order valence-corrected chi connectivity index (χ3v) is 4.33. The van der Waals surface area contributed by atoms with E-state index >= 15 is 0 Å². The second-order valence-electron chi connectivity index (χ2n) is 6.25. The normalized spacial score (nSPS) is 20.5. The minimum atomic E-state index is 0.248. The van der Waals surface area contributed by atoms with Gasteiger partial charge in [0.15, 0.2) is 0 Å². The van der Waals surface area contributed by atoms with Crippen LogP contribution in [0.25, 0.3) is 0 Å². The van der Waals surface area contributed by atoms with Crippen molar-refractivity contribution in [2.45, 2.75) is 71.3 Å². The third-order valence-electron chi connectivity index (χ3n) is 4.33. The Morgan fingerprint density at radius 3 is 2.76 bits per heavy atom. The Morgan fingerprint density at radius 1 is 1.29 bits per heavy atom. The quantitative estimate of drug-likeness (QED) is 0.674. The standard InChI is InChI=1S/C17H34N2O2/c1-3-6-15(10-11-18)8-9-17(20)19-12-5-7-16(14-19)21-13-4-2/h15-16H,3-14,18H2,1-2H3. The number of ether oxygens (including phenoxy) is 1. The first-order valence-corrected chi connectivity index (χ1v) is 8.80. The molecule has 0 spiro atoms. The number of nitrogens with zero attached hydrogens (tertiary/aromatic N) is 1. The number of amides is 1. The Kier molecular flexibility index (Phi) is 9.68. The summed E-state index contributed by atoms with van der Waals surface area (Å²) < 4.78 is 5.80. The molecule has 1 rings (SSSR count). The first-order valence-electron chi connectivity index (χ1n) is 8.80. The molecule has 0 aromatic heterocycles. The van der Waals surface area contributed by atoms with Gasteiger partial charge in [-0.25, -0.2) is 0 Å². The number of nitrogens with two attached hydrogens (primary N) is 1. The van der Waals surface area contributed by atoms with Crippen LogP contribution in [0.5, 0.6) is 0 Å². The van der Waals surface area contributed by atoms with Gasteiger partial charge in [-0.05, 0) is 44.6 Å². The van der Waals surface area contributed by atoms with Crippen LogP contribution in [0.2, 0.25) is 0 Å². The molecule has 1 aliphatic rings. The van der Waals surface area contributed by atoms with E-state index in [2.05, 4.69) is 13.8 Å². The molecule has 2 atom stereocenters. The molecule has 1 saturated heterocycles. The number of hydrogen-bond donors (Lipinski definition) is 1. The topological polar surface area (TPSA) is 55.6 Å². The van der Waals surface area contributed by atoms with Gasteiger partial charge in [-0.1, -0.05) is 26.7 Å². The van der Waals surface area contributed by atoms with Crippen LogP contribution in [0, 0.1) is 5.92 Å². The summed E-state index contributed by atoms with van der Waals surface area (Å²) in [6, 6.07) is 0. The summed E-state index contributed by atoms with van der Waals surface area (Å²) in [4.78, 5) is 14.4. The van der Waals surface area contributed by atoms with Crippen molar-refractivity contribution in [2.24, 2.45) is 11.7 Å². The molecule has 21 heavy (non-hydrogen) atoms. The van der Waals surface area contributed by atoms with Gasteiger partial charge in [0, 0.05) is 26.1 Å². The van der Waals surface area contributed by atoms with E-state index in [9.17, 15) is 4.79 Å². The van der Waals surface area contributed by atoms with Crippen LogP contribution in [0.15, 0.2) is 0 Å². The molecule has 0 radical (unpaired) electrons. The first-order chi connectivity index (χ1) is 10.2. The molecule has 2 N–H and O–H groups in total. The van der Waals surface area contributed by atoms with Crippen LogP contribution in [0.4, 0.5) is 0 Å². The summed E-state index contributed by atoms with van der Waals surface area (Å²) in [5, 5.41) is 0. The molecular formula is C17H34N2O2. The Morgan fingerprint density at radius 2 is 2.10 bits per heavy atom. The lowest BCUT2D eigenvalue weighted by atomic mass is 9.94. The Hall–Kier alpha value is -0.610. The molecule has 2 unspecified atom stereocenters. The summed E-state index contributed by atoms with van der Waals surface area (Å²) >= 11 is 0. The molecule has 0 bridgehead atoms. The van der Waals surface area contributed by atoms with Crippen molar-refractivity contribution in [2.75, 3.05) is 26.2 Å². The molecule has 1 amide bonds. The highest BCUT2D eigenvalue weighted by atomic mass is 16.5. The van der Waals surface area contributed by atoms with Crippen LogP contribution in [-0.4, -0.2) is 43.2 Å². The van der Waals surface area contributed by atoms with Crippen LogP contribution in [0.3, 0.4) is 0 Å². The zero-order valence-corrected chi connectivity index (χ0v) is 14.0. The summed E-state index contributed by atoms with van der Waals surface area (Å²) in [7, 11) is 0. The lowest BCUT2D eigenvalue weighted by molar-refractivity contribution is -0.135. The number of rotatable bonds is 10. The predicted octanol–water partition coefficient (Wildman–Crippen LogP) is 2.95. The van der Waals surface area contributed by atoms with E-state index in [1.54, 1.807) is 0 Å². The highest BCUT2D eigenvalue weighted by molar-refractivity contribution is 5.76. The maximum absolute atomic E-state index is 12.4. The van der Waals surface area contributed by atoms with Gasteiger partial charge in [-0.15, -0.1) is 0 Å². The predicted molar refractivity (Wildman–Crippen MR) is 87.1 cm³/mol. The lowest BCUT2D eigenvalue weighted by Gasteiger charge is -2.33. The zero-order valence-electron chi connectivity index (χ0n) is 14.0. The van der Waals surface area contributed by atoms with Crippen molar-refractivity contribution in [3.8, 4) is 0 Å². The first kappa shape index (κ1) is 18.4. The van der Waals surface area contributed by atoms with Gasteiger partial charge in [-0.2, -0.15) is 0 Å². The van der Waals surface area contributed by atoms with Gasteiger partial charge < -0.3 is 15.4 Å². The summed E-state index contributed by atoms with van der Waals surface area (Å²) in [5.74, 6) is 0.916. The van der Waals surface area contributed by atoms with Crippen molar-refractivity contribution in [1.29, 1.82) is 0 Å². The molecule has 1 aliphatic heterocycles. The van der Waals surface area contributed by atoms with Crippen LogP contribution < -0.4 is 5.73 Å². The second kappa shape index (κ2) is 11.0. The number of carbonyl (C=O) groups is 1. The second-order valence-corrected chi connectivity index (χ2v) is 6.25. The van der Waals surface area contributed by atoms with Gasteiger partial charge in [0.2, 0.25) is 5.91 Å². The molecule has 1 fully saturated rings. The molecule has 0 aliphatic carbocycles. The van der Waals surface area contributed by atoms with E-state index in [1.807, 2.05) is 4.90 Å². The largest absolute Gasteiger partial charge is 0.376 e. The fourth-order valence-electron chi connectivity index (χ4n) is 3.15. The maximum atomic E-state index is 12.4. The highest BCUT2D eigenvalue weighted by Crippen LogP contribution is 2.20. The van der Waals surface area contributed by atoms with Crippen LogP contribution in [-0.2, 0) is 9.53 Å². The van der Waals surface area contributed by atoms with Crippen molar-refractivity contribution < 1.29 is 9.53 Å². The molecule has 124 valence electrons. The lowest BCUT2D eigenvalue weighted by Crippen LogP contribution is -2.43. The molecule has 0 saturated carbocycles. The van der Waals surface area contributed by atoms with Crippen LogP contribution >= 0.6 is 0 Å². The van der Waals surface area contributed by atoms with E-state index < -0.39 is 0 Å². The molecule has 0 aromatic carbocycles. The van der Waals surface area contributed by atoms with E-state index in [0.717, 1.165) is 58.3 Å². The van der Waals surface area contributed by atoms with Crippen molar-refractivity contribution in [3.63, 3.8) is 0 Å². The van der Waals surface area contributed by atoms with E-state index in [4.69, 9.17) is 10.5 Å². The van der Waals surface area contributed by atoms with Crippen molar-refractivity contribution in [1.82, 2.24) is 4.90 Å². The van der Waals surface area contributed by atoms with Gasteiger partial charge in [0.05, 0.1) is 6.10 Å². The number of carbonyl (C=O) groups excluding carboxylic acids is 1. The third kappa shape index (κ3) is 7.28.